The number of hydrogen-bond acceptors (Lipinski definition) is 2. The first-order valence-corrected chi connectivity index (χ1v) is 6.89. The summed E-state index contributed by atoms with van der Waals surface area (Å²) in [6.45, 7) is 0.900. The lowest BCUT2D eigenvalue weighted by Crippen LogP contribution is -2.04. The van der Waals surface area contributed by atoms with Gasteiger partial charge in [-0.15, -0.1) is 0 Å². The van der Waals surface area contributed by atoms with Crippen LogP contribution in [0.4, 0.5) is 5.69 Å². The Balaban J connectivity index is 1.75. The van der Waals surface area contributed by atoms with Gasteiger partial charge in [-0.25, -0.2) is 0 Å². The number of benzene rings is 2. The molecule has 2 heteroatoms. The smallest absolute Gasteiger partial charge is 0.0701 e. The summed E-state index contributed by atoms with van der Waals surface area (Å²) in [6, 6.07) is 16.6. The summed E-state index contributed by atoms with van der Waals surface area (Å²) >= 11 is 0. The molecule has 2 aromatic carbocycles. The summed E-state index contributed by atoms with van der Waals surface area (Å²) in [4.78, 5) is 0. The van der Waals surface area contributed by atoms with E-state index in [2.05, 4.69) is 29.6 Å². The highest BCUT2D eigenvalue weighted by Crippen LogP contribution is 2.41. The van der Waals surface area contributed by atoms with Crippen LogP contribution in [0.2, 0.25) is 0 Å². The van der Waals surface area contributed by atoms with E-state index in [9.17, 15) is 5.11 Å². The number of para-hydroxylation sites is 1. The van der Waals surface area contributed by atoms with E-state index >= 15 is 0 Å². The molecule has 0 unspecified atom stereocenters. The van der Waals surface area contributed by atoms with Crippen LogP contribution in [-0.2, 0) is 13.2 Å². The normalized spacial score (nSPS) is 14.4. The lowest BCUT2D eigenvalue weighted by molar-refractivity contribution is 0.282. The summed E-state index contributed by atoms with van der Waals surface area (Å²) in [5.41, 5.74) is 4.83. The van der Waals surface area contributed by atoms with Gasteiger partial charge in [-0.05, 0) is 36.0 Å². The minimum Gasteiger partial charge on any atom is -0.392 e. The topological polar surface area (TPSA) is 32.3 Å². The van der Waals surface area contributed by atoms with E-state index < -0.39 is 0 Å². The van der Waals surface area contributed by atoms with Gasteiger partial charge in [0.25, 0.3) is 0 Å². The molecule has 0 atom stereocenters. The van der Waals surface area contributed by atoms with Gasteiger partial charge in [0.15, 0.2) is 0 Å². The molecule has 0 bridgehead atoms. The van der Waals surface area contributed by atoms with Crippen LogP contribution in [0.1, 0.15) is 35.4 Å². The molecule has 0 aromatic heterocycles. The monoisotopic (exact) mass is 253 g/mol. The predicted molar refractivity (Wildman–Crippen MR) is 78.1 cm³/mol. The van der Waals surface area contributed by atoms with Crippen LogP contribution in [0.3, 0.4) is 0 Å². The van der Waals surface area contributed by atoms with Gasteiger partial charge in [-0.2, -0.15) is 0 Å². The van der Waals surface area contributed by atoms with Crippen LogP contribution in [0.25, 0.3) is 0 Å². The van der Waals surface area contributed by atoms with Gasteiger partial charge in [0, 0.05) is 17.8 Å². The second-order valence-electron chi connectivity index (χ2n) is 5.14. The Kier molecular flexibility index (Phi) is 3.51. The molecule has 0 amide bonds. The Bertz CT molecular complexity index is 561. The Morgan fingerprint density at radius 3 is 2.37 bits per heavy atom. The SMILES string of the molecule is OCc1ccccc1NCc1ccccc1C1CC1. The molecule has 1 saturated carbocycles. The Hall–Kier alpha value is -1.80. The molecule has 98 valence electrons. The summed E-state index contributed by atoms with van der Waals surface area (Å²) in [7, 11) is 0. The maximum Gasteiger partial charge on any atom is 0.0701 e. The zero-order valence-corrected chi connectivity index (χ0v) is 11.0. The zero-order chi connectivity index (χ0) is 13.1. The van der Waals surface area contributed by atoms with E-state index in [4.69, 9.17) is 0 Å². The van der Waals surface area contributed by atoms with Gasteiger partial charge in [0.1, 0.15) is 0 Å². The van der Waals surface area contributed by atoms with Crippen molar-refractivity contribution in [2.75, 3.05) is 5.32 Å². The molecule has 0 aliphatic heterocycles. The second kappa shape index (κ2) is 5.45. The molecule has 0 spiro atoms. The molecule has 1 fully saturated rings. The number of anilines is 1. The van der Waals surface area contributed by atoms with Crippen molar-refractivity contribution in [1.29, 1.82) is 0 Å². The summed E-state index contributed by atoms with van der Waals surface area (Å²) < 4.78 is 0. The molecular weight excluding hydrogens is 234 g/mol. The number of rotatable bonds is 5. The van der Waals surface area contributed by atoms with Crippen LogP contribution in [0, 0.1) is 0 Å². The number of aliphatic hydroxyl groups excluding tert-OH is 1. The molecule has 2 aromatic rings. The third kappa shape index (κ3) is 2.79. The van der Waals surface area contributed by atoms with E-state index in [1.54, 1.807) is 0 Å². The van der Waals surface area contributed by atoms with Crippen molar-refractivity contribution in [3.63, 3.8) is 0 Å². The molecule has 0 saturated heterocycles. The minimum atomic E-state index is 0.0768. The molecule has 3 rings (SSSR count). The fourth-order valence-corrected chi connectivity index (χ4v) is 2.51. The lowest BCUT2D eigenvalue weighted by Gasteiger charge is -2.13. The third-order valence-electron chi connectivity index (χ3n) is 3.73. The van der Waals surface area contributed by atoms with Gasteiger partial charge in [0.05, 0.1) is 6.61 Å². The van der Waals surface area contributed by atoms with E-state index in [0.717, 1.165) is 23.7 Å². The molecule has 2 nitrogen and oxygen atoms in total. The first kappa shape index (κ1) is 12.2. The molecular formula is C17H19NO. The maximum atomic E-state index is 9.33. The van der Waals surface area contributed by atoms with E-state index in [0.29, 0.717) is 0 Å². The third-order valence-corrected chi connectivity index (χ3v) is 3.73. The minimum absolute atomic E-state index is 0.0768. The van der Waals surface area contributed by atoms with Gasteiger partial charge < -0.3 is 10.4 Å². The lowest BCUT2D eigenvalue weighted by atomic mass is 10.0. The van der Waals surface area contributed by atoms with Crippen LogP contribution in [0.5, 0.6) is 0 Å². The summed E-state index contributed by atoms with van der Waals surface area (Å²) in [6.07, 6.45) is 2.65. The summed E-state index contributed by atoms with van der Waals surface area (Å²) in [5, 5.41) is 12.8. The Morgan fingerprint density at radius 1 is 0.947 bits per heavy atom. The number of nitrogens with one attached hydrogen (secondary N) is 1. The van der Waals surface area contributed by atoms with Gasteiger partial charge in [0.2, 0.25) is 0 Å². The van der Waals surface area contributed by atoms with Crippen LogP contribution < -0.4 is 5.32 Å². The Labute approximate surface area is 114 Å². The molecule has 0 radical (unpaired) electrons. The number of aliphatic hydroxyl groups is 1. The average Bonchev–Trinajstić information content (AvgIpc) is 3.30. The van der Waals surface area contributed by atoms with Crippen molar-refractivity contribution in [3.05, 3.63) is 65.2 Å². The highest BCUT2D eigenvalue weighted by molar-refractivity contribution is 5.51. The zero-order valence-electron chi connectivity index (χ0n) is 11.0. The first-order chi connectivity index (χ1) is 9.38. The largest absolute Gasteiger partial charge is 0.392 e. The predicted octanol–water partition coefficient (Wildman–Crippen LogP) is 3.67. The van der Waals surface area contributed by atoms with E-state index in [1.165, 1.54) is 24.0 Å². The van der Waals surface area contributed by atoms with Gasteiger partial charge in [-0.3, -0.25) is 0 Å². The molecule has 19 heavy (non-hydrogen) atoms. The average molecular weight is 253 g/mol. The van der Waals surface area contributed by atoms with E-state index in [1.807, 2.05) is 24.3 Å². The summed E-state index contributed by atoms with van der Waals surface area (Å²) in [5.74, 6) is 0.770. The highest BCUT2D eigenvalue weighted by atomic mass is 16.3. The number of hydrogen-bond donors (Lipinski definition) is 2. The van der Waals surface area contributed by atoms with Gasteiger partial charge in [-0.1, -0.05) is 42.5 Å². The fraction of sp³-hybridized carbons (Fsp3) is 0.294. The maximum absolute atomic E-state index is 9.33. The molecule has 0 heterocycles. The van der Waals surface area contributed by atoms with Gasteiger partial charge >= 0.3 is 0 Å². The van der Waals surface area contributed by atoms with Crippen molar-refractivity contribution < 1.29 is 5.11 Å². The van der Waals surface area contributed by atoms with Crippen molar-refractivity contribution in [2.45, 2.75) is 31.9 Å². The van der Waals surface area contributed by atoms with Crippen molar-refractivity contribution in [2.24, 2.45) is 0 Å². The van der Waals surface area contributed by atoms with Crippen molar-refractivity contribution in [1.82, 2.24) is 0 Å². The second-order valence-corrected chi connectivity index (χ2v) is 5.14. The Morgan fingerprint density at radius 2 is 1.63 bits per heavy atom. The van der Waals surface area contributed by atoms with Crippen LogP contribution in [-0.4, -0.2) is 5.11 Å². The molecule has 2 N–H and O–H groups in total. The van der Waals surface area contributed by atoms with Crippen LogP contribution >= 0.6 is 0 Å². The van der Waals surface area contributed by atoms with Crippen LogP contribution in [0.15, 0.2) is 48.5 Å². The molecule has 1 aliphatic rings. The standard InChI is InChI=1S/C17H19NO/c19-12-15-6-2-4-8-17(15)18-11-14-5-1-3-7-16(14)13-9-10-13/h1-8,13,18-19H,9-12H2. The highest BCUT2D eigenvalue weighted by Gasteiger charge is 2.25. The molecule has 1 aliphatic carbocycles. The first-order valence-electron chi connectivity index (χ1n) is 6.89. The quantitative estimate of drug-likeness (QED) is 0.852. The van der Waals surface area contributed by atoms with E-state index in [-0.39, 0.29) is 6.61 Å². The fourth-order valence-electron chi connectivity index (χ4n) is 2.51. The van der Waals surface area contributed by atoms with Crippen molar-refractivity contribution >= 4 is 5.69 Å². The van der Waals surface area contributed by atoms with Crippen molar-refractivity contribution in [3.8, 4) is 0 Å².